The highest BCUT2D eigenvalue weighted by Gasteiger charge is 2.16. The molecule has 0 unspecified atom stereocenters. The average molecular weight is 245 g/mol. The molecule has 0 radical (unpaired) electrons. The van der Waals surface area contributed by atoms with Gasteiger partial charge in [0.2, 0.25) is 0 Å². The Bertz CT molecular complexity index is 599. The Morgan fingerprint density at radius 3 is 3.06 bits per heavy atom. The van der Waals surface area contributed by atoms with Crippen molar-refractivity contribution < 1.29 is 9.57 Å². The Kier molecular flexibility index (Phi) is 3.02. The van der Waals surface area contributed by atoms with Crippen molar-refractivity contribution in [2.24, 2.45) is 0 Å². The van der Waals surface area contributed by atoms with Gasteiger partial charge in [0.25, 0.3) is 5.56 Å². The SMILES string of the molecule is O=c1c2ccccc2ccn1OC[C@@H]1CCCO1. The van der Waals surface area contributed by atoms with Crippen LogP contribution in [0.3, 0.4) is 0 Å². The molecule has 1 atom stereocenters. The fraction of sp³-hybridized carbons (Fsp3) is 0.357. The second-order valence-corrected chi connectivity index (χ2v) is 4.46. The summed E-state index contributed by atoms with van der Waals surface area (Å²) < 4.78 is 6.76. The molecule has 2 aromatic rings. The molecule has 1 aliphatic rings. The van der Waals surface area contributed by atoms with E-state index in [9.17, 15) is 4.79 Å². The maximum Gasteiger partial charge on any atom is 0.290 e. The highest BCUT2D eigenvalue weighted by atomic mass is 16.7. The Labute approximate surface area is 105 Å². The lowest BCUT2D eigenvalue weighted by Crippen LogP contribution is -2.31. The summed E-state index contributed by atoms with van der Waals surface area (Å²) in [4.78, 5) is 17.6. The van der Waals surface area contributed by atoms with E-state index in [2.05, 4.69) is 0 Å². The predicted molar refractivity (Wildman–Crippen MR) is 68.6 cm³/mol. The monoisotopic (exact) mass is 245 g/mol. The van der Waals surface area contributed by atoms with E-state index in [0.29, 0.717) is 12.0 Å². The molecule has 1 aromatic carbocycles. The van der Waals surface area contributed by atoms with E-state index in [1.807, 2.05) is 30.3 Å². The van der Waals surface area contributed by atoms with E-state index in [1.54, 1.807) is 6.20 Å². The molecular weight excluding hydrogens is 230 g/mol. The van der Waals surface area contributed by atoms with Crippen LogP contribution in [0.25, 0.3) is 10.8 Å². The molecule has 4 heteroatoms. The molecule has 18 heavy (non-hydrogen) atoms. The highest BCUT2D eigenvalue weighted by molar-refractivity contribution is 5.80. The zero-order chi connectivity index (χ0) is 12.4. The molecule has 1 saturated heterocycles. The van der Waals surface area contributed by atoms with Gasteiger partial charge in [-0.25, -0.2) is 0 Å². The van der Waals surface area contributed by atoms with E-state index in [1.165, 1.54) is 4.73 Å². The smallest absolute Gasteiger partial charge is 0.290 e. The van der Waals surface area contributed by atoms with Crippen LogP contribution in [0, 0.1) is 0 Å². The van der Waals surface area contributed by atoms with Gasteiger partial charge in [-0.15, -0.1) is 0 Å². The van der Waals surface area contributed by atoms with Crippen molar-refractivity contribution in [1.82, 2.24) is 4.73 Å². The highest BCUT2D eigenvalue weighted by Crippen LogP contribution is 2.11. The lowest BCUT2D eigenvalue weighted by Gasteiger charge is -2.12. The molecule has 0 saturated carbocycles. The summed E-state index contributed by atoms with van der Waals surface area (Å²) in [5, 5.41) is 1.60. The number of pyridine rings is 1. The van der Waals surface area contributed by atoms with Gasteiger partial charge in [-0.2, -0.15) is 4.73 Å². The van der Waals surface area contributed by atoms with Crippen molar-refractivity contribution >= 4 is 10.8 Å². The summed E-state index contributed by atoms with van der Waals surface area (Å²) in [5.74, 6) is 0. The van der Waals surface area contributed by atoms with Crippen molar-refractivity contribution in [2.45, 2.75) is 18.9 Å². The zero-order valence-electron chi connectivity index (χ0n) is 10.0. The molecule has 3 rings (SSSR count). The fourth-order valence-electron chi connectivity index (χ4n) is 2.21. The Morgan fingerprint density at radius 2 is 2.22 bits per heavy atom. The minimum atomic E-state index is -0.119. The predicted octanol–water partition coefficient (Wildman–Crippen LogP) is 1.61. The van der Waals surface area contributed by atoms with Gasteiger partial charge in [0, 0.05) is 12.8 Å². The topological polar surface area (TPSA) is 40.5 Å². The maximum absolute atomic E-state index is 12.1. The third kappa shape index (κ3) is 2.11. The molecule has 0 aliphatic carbocycles. The molecule has 0 bridgehead atoms. The zero-order valence-corrected chi connectivity index (χ0v) is 10.0. The van der Waals surface area contributed by atoms with Gasteiger partial charge in [0.1, 0.15) is 6.61 Å². The normalized spacial score (nSPS) is 19.2. The number of hydrogen-bond donors (Lipinski definition) is 0. The van der Waals surface area contributed by atoms with Crippen LogP contribution >= 0.6 is 0 Å². The van der Waals surface area contributed by atoms with Crippen molar-refractivity contribution in [3.05, 3.63) is 46.9 Å². The van der Waals surface area contributed by atoms with Gasteiger partial charge >= 0.3 is 0 Å². The summed E-state index contributed by atoms with van der Waals surface area (Å²) in [5.41, 5.74) is -0.119. The van der Waals surface area contributed by atoms with Gasteiger partial charge in [0.05, 0.1) is 11.5 Å². The van der Waals surface area contributed by atoms with Crippen LogP contribution in [-0.2, 0) is 4.74 Å². The molecule has 1 aromatic heterocycles. The van der Waals surface area contributed by atoms with E-state index >= 15 is 0 Å². The summed E-state index contributed by atoms with van der Waals surface area (Å²) in [6.07, 6.45) is 3.85. The minimum absolute atomic E-state index is 0.114. The number of benzene rings is 1. The second kappa shape index (κ2) is 4.82. The van der Waals surface area contributed by atoms with Gasteiger partial charge in [-0.05, 0) is 30.4 Å². The van der Waals surface area contributed by atoms with E-state index in [-0.39, 0.29) is 11.7 Å². The largest absolute Gasteiger partial charge is 0.408 e. The third-order valence-electron chi connectivity index (χ3n) is 3.20. The second-order valence-electron chi connectivity index (χ2n) is 4.46. The lowest BCUT2D eigenvalue weighted by molar-refractivity contribution is 0.00661. The van der Waals surface area contributed by atoms with Crippen LogP contribution < -0.4 is 10.4 Å². The summed E-state index contributed by atoms with van der Waals surface area (Å²) in [6, 6.07) is 9.38. The number of nitrogens with zero attached hydrogens (tertiary/aromatic N) is 1. The number of ether oxygens (including phenoxy) is 1. The lowest BCUT2D eigenvalue weighted by atomic mass is 10.2. The van der Waals surface area contributed by atoms with E-state index in [0.717, 1.165) is 24.8 Å². The fourth-order valence-corrected chi connectivity index (χ4v) is 2.21. The molecule has 1 aliphatic heterocycles. The average Bonchev–Trinajstić information content (AvgIpc) is 2.91. The first-order valence-corrected chi connectivity index (χ1v) is 6.20. The van der Waals surface area contributed by atoms with Crippen molar-refractivity contribution in [3.8, 4) is 0 Å². The number of aromatic nitrogens is 1. The molecule has 0 spiro atoms. The Morgan fingerprint density at radius 1 is 1.33 bits per heavy atom. The van der Waals surface area contributed by atoms with Crippen LogP contribution in [0.2, 0.25) is 0 Å². The molecular formula is C14H15NO3. The first-order valence-electron chi connectivity index (χ1n) is 6.20. The van der Waals surface area contributed by atoms with Crippen LogP contribution in [0.15, 0.2) is 41.3 Å². The minimum Gasteiger partial charge on any atom is -0.408 e. The third-order valence-corrected chi connectivity index (χ3v) is 3.20. The van der Waals surface area contributed by atoms with E-state index in [4.69, 9.17) is 9.57 Å². The molecule has 2 heterocycles. The molecule has 1 fully saturated rings. The van der Waals surface area contributed by atoms with Crippen molar-refractivity contribution in [2.75, 3.05) is 13.2 Å². The molecule has 4 nitrogen and oxygen atoms in total. The van der Waals surface area contributed by atoms with Crippen molar-refractivity contribution in [1.29, 1.82) is 0 Å². The summed E-state index contributed by atoms with van der Waals surface area (Å²) in [6.45, 7) is 1.22. The number of hydrogen-bond acceptors (Lipinski definition) is 3. The van der Waals surface area contributed by atoms with Crippen LogP contribution in [0.1, 0.15) is 12.8 Å². The van der Waals surface area contributed by atoms with Gasteiger partial charge in [-0.3, -0.25) is 4.79 Å². The van der Waals surface area contributed by atoms with Crippen LogP contribution in [-0.4, -0.2) is 24.0 Å². The van der Waals surface area contributed by atoms with Crippen LogP contribution in [0.5, 0.6) is 0 Å². The van der Waals surface area contributed by atoms with Crippen LogP contribution in [0.4, 0.5) is 0 Å². The standard InChI is InChI=1S/C14H15NO3/c16-14-13-6-2-1-4-11(13)7-8-15(14)18-10-12-5-3-9-17-12/h1-2,4,6-8,12H,3,5,9-10H2/t12-/m0/s1. The quantitative estimate of drug-likeness (QED) is 0.824. The van der Waals surface area contributed by atoms with E-state index < -0.39 is 0 Å². The number of rotatable bonds is 3. The first kappa shape index (κ1) is 11.3. The molecule has 0 N–H and O–H groups in total. The summed E-state index contributed by atoms with van der Waals surface area (Å²) >= 11 is 0. The van der Waals surface area contributed by atoms with Gasteiger partial charge in [0.15, 0.2) is 0 Å². The van der Waals surface area contributed by atoms with Gasteiger partial charge < -0.3 is 9.57 Å². The molecule has 0 amide bonds. The Hall–Kier alpha value is -1.81. The van der Waals surface area contributed by atoms with Gasteiger partial charge in [-0.1, -0.05) is 18.2 Å². The molecule has 94 valence electrons. The van der Waals surface area contributed by atoms with Crippen molar-refractivity contribution in [3.63, 3.8) is 0 Å². The Balaban J connectivity index is 1.83. The number of fused-ring (bicyclic) bond motifs is 1. The maximum atomic E-state index is 12.1. The summed E-state index contributed by atoms with van der Waals surface area (Å²) in [7, 11) is 0. The first-order chi connectivity index (χ1) is 8.84.